The number of amides is 1. The van der Waals surface area contributed by atoms with E-state index in [0.29, 0.717) is 17.1 Å². The lowest BCUT2D eigenvalue weighted by atomic mass is 10.1. The van der Waals surface area contributed by atoms with Gasteiger partial charge in [0.2, 0.25) is 5.91 Å². The quantitative estimate of drug-likeness (QED) is 0.761. The summed E-state index contributed by atoms with van der Waals surface area (Å²) in [7, 11) is 0. The lowest BCUT2D eigenvalue weighted by molar-refractivity contribution is -0.116. The number of aliphatic hydroxyl groups is 1. The molecular formula is C17H19ClN2O2. The lowest BCUT2D eigenvalue weighted by Crippen LogP contribution is -2.24. The molecule has 0 aliphatic rings. The van der Waals surface area contributed by atoms with Crippen LogP contribution in [0.3, 0.4) is 0 Å². The van der Waals surface area contributed by atoms with Gasteiger partial charge in [-0.05, 0) is 31.2 Å². The van der Waals surface area contributed by atoms with E-state index in [0.717, 1.165) is 11.3 Å². The average Bonchev–Trinajstić information content (AvgIpc) is 2.47. The molecule has 22 heavy (non-hydrogen) atoms. The van der Waals surface area contributed by atoms with Crippen molar-refractivity contribution in [2.45, 2.75) is 26.0 Å². The molecule has 0 radical (unpaired) electrons. The molecular weight excluding hydrogens is 300 g/mol. The van der Waals surface area contributed by atoms with Crippen LogP contribution in [0.1, 0.15) is 18.9 Å². The van der Waals surface area contributed by atoms with Crippen LogP contribution < -0.4 is 10.6 Å². The maximum Gasteiger partial charge on any atom is 0.226 e. The number of halogens is 1. The smallest absolute Gasteiger partial charge is 0.226 e. The first-order valence-corrected chi connectivity index (χ1v) is 7.47. The summed E-state index contributed by atoms with van der Waals surface area (Å²) in [5.41, 5.74) is 2.33. The molecule has 0 bridgehead atoms. The minimum atomic E-state index is -0.0938. The van der Waals surface area contributed by atoms with Gasteiger partial charge < -0.3 is 15.7 Å². The highest BCUT2D eigenvalue weighted by Gasteiger charge is 2.11. The van der Waals surface area contributed by atoms with Gasteiger partial charge in [0.25, 0.3) is 0 Å². The first kappa shape index (κ1) is 16.3. The molecule has 1 amide bonds. The van der Waals surface area contributed by atoms with E-state index in [1.54, 1.807) is 24.3 Å². The zero-order valence-electron chi connectivity index (χ0n) is 12.3. The van der Waals surface area contributed by atoms with Crippen LogP contribution in [-0.2, 0) is 11.4 Å². The summed E-state index contributed by atoms with van der Waals surface area (Å²) in [5, 5.41) is 15.9. The molecule has 2 rings (SSSR count). The van der Waals surface area contributed by atoms with Crippen molar-refractivity contribution >= 4 is 28.9 Å². The van der Waals surface area contributed by atoms with Crippen LogP contribution in [0.25, 0.3) is 0 Å². The summed E-state index contributed by atoms with van der Waals surface area (Å²) in [6, 6.07) is 14.5. The highest BCUT2D eigenvalue weighted by atomic mass is 35.5. The fourth-order valence-electron chi connectivity index (χ4n) is 2.17. The summed E-state index contributed by atoms with van der Waals surface area (Å²) in [4.78, 5) is 12.0. The van der Waals surface area contributed by atoms with Crippen molar-refractivity contribution in [2.75, 3.05) is 10.6 Å². The van der Waals surface area contributed by atoms with Crippen molar-refractivity contribution in [2.24, 2.45) is 0 Å². The van der Waals surface area contributed by atoms with E-state index in [4.69, 9.17) is 11.6 Å². The molecule has 2 aromatic carbocycles. The van der Waals surface area contributed by atoms with Gasteiger partial charge in [-0.2, -0.15) is 0 Å². The van der Waals surface area contributed by atoms with Gasteiger partial charge in [-0.1, -0.05) is 35.9 Å². The Morgan fingerprint density at radius 1 is 1.23 bits per heavy atom. The van der Waals surface area contributed by atoms with Gasteiger partial charge in [-0.25, -0.2) is 0 Å². The van der Waals surface area contributed by atoms with Crippen molar-refractivity contribution in [1.29, 1.82) is 0 Å². The number of para-hydroxylation sites is 1. The molecule has 0 fully saturated rings. The minimum absolute atomic E-state index is 0.0371. The number of anilines is 2. The number of aliphatic hydroxyl groups excluding tert-OH is 1. The molecule has 3 N–H and O–H groups in total. The third-order valence-electron chi connectivity index (χ3n) is 3.19. The summed E-state index contributed by atoms with van der Waals surface area (Å²) in [5.74, 6) is -0.0938. The lowest BCUT2D eigenvalue weighted by Gasteiger charge is -2.17. The molecule has 5 heteroatoms. The van der Waals surface area contributed by atoms with E-state index in [1.165, 1.54) is 0 Å². The van der Waals surface area contributed by atoms with E-state index in [-0.39, 0.29) is 18.6 Å². The maximum atomic E-state index is 12.0. The molecule has 2 aromatic rings. The molecule has 0 heterocycles. The third kappa shape index (κ3) is 4.76. The van der Waals surface area contributed by atoms with Gasteiger partial charge in [0.1, 0.15) is 0 Å². The topological polar surface area (TPSA) is 61.4 Å². The molecule has 0 saturated heterocycles. The normalized spacial score (nSPS) is 11.8. The number of hydrogen-bond donors (Lipinski definition) is 3. The van der Waals surface area contributed by atoms with E-state index >= 15 is 0 Å². The zero-order valence-corrected chi connectivity index (χ0v) is 13.1. The molecule has 0 aliphatic carbocycles. The highest BCUT2D eigenvalue weighted by Crippen LogP contribution is 2.18. The van der Waals surface area contributed by atoms with E-state index in [2.05, 4.69) is 10.6 Å². The van der Waals surface area contributed by atoms with Gasteiger partial charge in [-0.15, -0.1) is 0 Å². The van der Waals surface area contributed by atoms with Crippen LogP contribution in [0.4, 0.5) is 11.4 Å². The SMILES string of the molecule is CC(CC(=O)Nc1cccc(Cl)c1)Nc1ccccc1CO. The Labute approximate surface area is 135 Å². The van der Waals surface area contributed by atoms with Crippen molar-refractivity contribution in [1.82, 2.24) is 0 Å². The predicted molar refractivity (Wildman–Crippen MR) is 90.1 cm³/mol. The summed E-state index contributed by atoms with van der Waals surface area (Å²) in [6.45, 7) is 1.89. The number of nitrogens with one attached hydrogen (secondary N) is 2. The fraction of sp³-hybridized carbons (Fsp3) is 0.235. The Morgan fingerprint density at radius 2 is 2.00 bits per heavy atom. The van der Waals surface area contributed by atoms with Crippen molar-refractivity contribution in [3.8, 4) is 0 Å². The summed E-state index contributed by atoms with van der Waals surface area (Å²) in [6.07, 6.45) is 0.312. The minimum Gasteiger partial charge on any atom is -0.392 e. The Bertz CT molecular complexity index is 646. The van der Waals surface area contributed by atoms with Crippen molar-refractivity contribution in [3.63, 3.8) is 0 Å². The predicted octanol–water partition coefficient (Wildman–Crippen LogP) is 3.66. The number of rotatable bonds is 6. The second-order valence-electron chi connectivity index (χ2n) is 5.12. The van der Waals surface area contributed by atoms with Crippen LogP contribution in [0, 0.1) is 0 Å². The van der Waals surface area contributed by atoms with Gasteiger partial charge in [0.15, 0.2) is 0 Å². The molecule has 0 spiro atoms. The maximum absolute atomic E-state index is 12.0. The second-order valence-corrected chi connectivity index (χ2v) is 5.56. The number of carbonyl (C=O) groups excluding carboxylic acids is 1. The van der Waals surface area contributed by atoms with Crippen LogP contribution in [-0.4, -0.2) is 17.1 Å². The molecule has 0 saturated carbocycles. The molecule has 0 aliphatic heterocycles. The summed E-state index contributed by atoms with van der Waals surface area (Å²) < 4.78 is 0. The Balaban J connectivity index is 1.91. The fourth-order valence-corrected chi connectivity index (χ4v) is 2.36. The Morgan fingerprint density at radius 3 is 2.73 bits per heavy atom. The highest BCUT2D eigenvalue weighted by molar-refractivity contribution is 6.30. The van der Waals surface area contributed by atoms with Gasteiger partial charge in [0.05, 0.1) is 6.61 Å². The number of hydrogen-bond acceptors (Lipinski definition) is 3. The standard InChI is InChI=1S/C17H19ClN2O2/c1-12(19-16-8-3-2-5-13(16)11-21)9-17(22)20-15-7-4-6-14(18)10-15/h2-8,10,12,19,21H,9,11H2,1H3,(H,20,22). The third-order valence-corrected chi connectivity index (χ3v) is 3.42. The first-order chi connectivity index (χ1) is 10.6. The Kier molecular flexibility index (Phi) is 5.81. The van der Waals surface area contributed by atoms with Crippen molar-refractivity contribution in [3.05, 3.63) is 59.1 Å². The Hall–Kier alpha value is -2.04. The first-order valence-electron chi connectivity index (χ1n) is 7.09. The van der Waals surface area contributed by atoms with E-state index in [9.17, 15) is 9.90 Å². The second kappa shape index (κ2) is 7.82. The monoisotopic (exact) mass is 318 g/mol. The summed E-state index contributed by atoms with van der Waals surface area (Å²) >= 11 is 5.89. The molecule has 116 valence electrons. The van der Waals surface area contributed by atoms with Crippen LogP contribution in [0.2, 0.25) is 5.02 Å². The average molecular weight is 319 g/mol. The molecule has 4 nitrogen and oxygen atoms in total. The van der Waals surface area contributed by atoms with Gasteiger partial charge >= 0.3 is 0 Å². The molecule has 1 atom stereocenters. The van der Waals surface area contributed by atoms with Crippen LogP contribution in [0.5, 0.6) is 0 Å². The van der Waals surface area contributed by atoms with Gasteiger partial charge in [-0.3, -0.25) is 4.79 Å². The van der Waals surface area contributed by atoms with E-state index in [1.807, 2.05) is 31.2 Å². The van der Waals surface area contributed by atoms with Gasteiger partial charge in [0, 0.05) is 34.4 Å². The molecule has 1 unspecified atom stereocenters. The molecule has 0 aromatic heterocycles. The van der Waals surface area contributed by atoms with E-state index < -0.39 is 0 Å². The largest absolute Gasteiger partial charge is 0.392 e. The van der Waals surface area contributed by atoms with Crippen LogP contribution >= 0.6 is 11.6 Å². The van der Waals surface area contributed by atoms with Crippen LogP contribution in [0.15, 0.2) is 48.5 Å². The number of benzene rings is 2. The number of carbonyl (C=O) groups is 1. The van der Waals surface area contributed by atoms with Crippen molar-refractivity contribution < 1.29 is 9.90 Å². The zero-order chi connectivity index (χ0) is 15.9.